The minimum absolute atomic E-state index is 0. The molecule has 16 heteroatoms. The zero-order valence-electron chi connectivity index (χ0n) is 47.4. The zero-order valence-corrected chi connectivity index (χ0v) is 50.9. The van der Waals surface area contributed by atoms with Crippen LogP contribution in [0, 0.1) is 13.8 Å². The summed E-state index contributed by atoms with van der Waals surface area (Å²) in [5, 5.41) is 4.07. The zero-order chi connectivity index (χ0) is 57.0. The Morgan fingerprint density at radius 1 is 0.548 bits per heavy atom. The van der Waals surface area contributed by atoms with E-state index < -0.39 is 0 Å². The average Bonchev–Trinajstić information content (AvgIpc) is 4.49. The summed E-state index contributed by atoms with van der Waals surface area (Å²) in [4.78, 5) is 60.3. The normalized spacial score (nSPS) is 12.5. The van der Waals surface area contributed by atoms with Crippen LogP contribution in [0.3, 0.4) is 0 Å². The standard InChI is InChI=1S/C68H60N8O4S2.ClH.Fe/c1-9-51-41(5)55-35-56-43(7)53(31-33-65(77)73-67-75(47-19-15-13-16-20-47)63(39-81-67)45-23-27-49(28-24-45)79-11-3)61(71-56)38-62-54(44(8)58(72-62)37-60-52(10-2)42(6)57(70-60)36-59(51)69-55)32-34-66(78)74-68-76(48-21-17-14-18-22-48)64(40-82-68)46-25-29-50(30-26-46)80-12-4;;/h9-10,13-30,35-40H,1-2,11-12,31-34H2,3-8H3;1H;/q-2;;+3/p-1. The first-order chi connectivity index (χ1) is 39.9. The summed E-state index contributed by atoms with van der Waals surface area (Å²) >= 11 is 2.84. The summed E-state index contributed by atoms with van der Waals surface area (Å²) in [6.07, 6.45) is 4.58. The molecule has 11 rings (SSSR count). The largest absolute Gasteiger partial charge is 3.00 e. The SMILES string of the molecule is C=CC1=C(C)c2cc3[n-]c(cc4[n-]c(cc5nc(cc1n2)C(C)=C5C=C)c(C)c4CCC(=O)N=c1scc(-c2ccc(OCC)cc2)n1-c1ccccc1)c(CCC(=O)N=c1scc(-c2ccc(OCC)cc2)n1-c1ccccc1)c3C.[Cl-].[Fe+3]. The Morgan fingerprint density at radius 2 is 0.940 bits per heavy atom. The molecule has 0 unspecified atom stereocenters. The Hall–Kier alpha value is -8.43. The second-order valence-corrected chi connectivity index (χ2v) is 21.5. The number of carbonyl (C=O) groups is 2. The van der Waals surface area contributed by atoms with Crippen LogP contribution in [0.2, 0.25) is 0 Å². The molecule has 0 spiro atoms. The van der Waals surface area contributed by atoms with Crippen molar-refractivity contribution in [3.8, 4) is 45.4 Å². The molecule has 9 aromatic rings. The number of aromatic nitrogens is 6. The molecule has 0 fully saturated rings. The molecule has 0 N–H and O–H groups in total. The van der Waals surface area contributed by atoms with Crippen LogP contribution in [0.25, 0.3) is 78.2 Å². The van der Waals surface area contributed by atoms with Gasteiger partial charge >= 0.3 is 17.1 Å². The molecule has 4 aromatic carbocycles. The molecular formula is C68H60ClFeN8O4S2. The summed E-state index contributed by atoms with van der Waals surface area (Å²) in [6.45, 7) is 21.6. The van der Waals surface area contributed by atoms with Crippen molar-refractivity contribution in [3.63, 3.8) is 0 Å². The Morgan fingerprint density at radius 3 is 1.35 bits per heavy atom. The van der Waals surface area contributed by atoms with Gasteiger partial charge in [-0.15, -0.1) is 44.7 Å². The maximum atomic E-state index is 14.3. The van der Waals surface area contributed by atoms with Crippen LogP contribution in [0.15, 0.2) is 180 Å². The van der Waals surface area contributed by atoms with E-state index in [0.29, 0.717) is 52.2 Å². The maximum Gasteiger partial charge on any atom is 3.00 e. The van der Waals surface area contributed by atoms with Crippen molar-refractivity contribution >= 4 is 78.8 Å². The number of halogens is 1. The fourth-order valence-electron chi connectivity index (χ4n) is 10.5. The molecule has 1 radical (unpaired) electrons. The number of nitrogens with zero attached hydrogens (tertiary/aromatic N) is 8. The van der Waals surface area contributed by atoms with Crippen LogP contribution in [0.1, 0.15) is 85.6 Å². The van der Waals surface area contributed by atoms with Gasteiger partial charge < -0.3 is 31.8 Å². The van der Waals surface area contributed by atoms with Crippen LogP contribution >= 0.6 is 22.7 Å². The quantitative estimate of drug-likeness (QED) is 0.0871. The number of rotatable bonds is 16. The first-order valence-corrected chi connectivity index (χ1v) is 29.1. The van der Waals surface area contributed by atoms with E-state index in [-0.39, 0.29) is 54.1 Å². The fourth-order valence-corrected chi connectivity index (χ4v) is 12.4. The van der Waals surface area contributed by atoms with Crippen LogP contribution in [0.5, 0.6) is 11.5 Å². The number of thiazole rings is 2. The molecular weight excluding hydrogens is 1150 g/mol. The van der Waals surface area contributed by atoms with E-state index in [1.54, 1.807) is 0 Å². The number of carbonyl (C=O) groups excluding carboxylic acids is 2. The molecule has 2 amide bonds. The molecule has 423 valence electrons. The number of hydrogen-bond acceptors (Lipinski definition) is 8. The third-order valence-electron chi connectivity index (χ3n) is 14.9. The van der Waals surface area contributed by atoms with E-state index in [1.807, 2.05) is 207 Å². The first kappa shape index (κ1) is 60.2. The summed E-state index contributed by atoms with van der Waals surface area (Å²) < 4.78 is 15.5. The van der Waals surface area contributed by atoms with Gasteiger partial charge in [-0.3, -0.25) is 18.7 Å². The first-order valence-electron chi connectivity index (χ1n) is 27.4. The van der Waals surface area contributed by atoms with Crippen LogP contribution in [-0.4, -0.2) is 44.1 Å². The van der Waals surface area contributed by atoms with E-state index in [2.05, 4.69) is 13.2 Å². The second kappa shape index (κ2) is 26.4. The van der Waals surface area contributed by atoms with Crippen molar-refractivity contribution in [2.45, 2.75) is 67.2 Å². The molecule has 84 heavy (non-hydrogen) atoms. The molecule has 2 aliphatic heterocycles. The summed E-state index contributed by atoms with van der Waals surface area (Å²) in [6, 6.07) is 43.8. The molecule has 0 aliphatic carbocycles. The summed E-state index contributed by atoms with van der Waals surface area (Å²) in [5.74, 6) is 1.03. The fraction of sp³-hybridized carbons (Fsp3) is 0.176. The van der Waals surface area contributed by atoms with Gasteiger partial charge in [0.2, 0.25) is 11.8 Å². The van der Waals surface area contributed by atoms with Crippen molar-refractivity contribution in [2.75, 3.05) is 13.2 Å². The van der Waals surface area contributed by atoms with E-state index in [9.17, 15) is 9.59 Å². The van der Waals surface area contributed by atoms with Gasteiger partial charge in [-0.25, -0.2) is 9.97 Å². The Bertz CT molecular complexity index is 4370. The predicted molar refractivity (Wildman–Crippen MR) is 332 cm³/mol. The van der Waals surface area contributed by atoms with Crippen molar-refractivity contribution in [3.05, 3.63) is 224 Å². The number of hydrogen-bond donors (Lipinski definition) is 0. The molecule has 0 saturated heterocycles. The molecule has 12 nitrogen and oxygen atoms in total. The second-order valence-electron chi connectivity index (χ2n) is 19.9. The molecule has 0 saturated carbocycles. The third-order valence-corrected chi connectivity index (χ3v) is 16.5. The monoisotopic (exact) mass is 1210 g/mol. The maximum absolute atomic E-state index is 14.3. The van der Waals surface area contributed by atoms with Gasteiger partial charge in [0.1, 0.15) is 11.5 Å². The van der Waals surface area contributed by atoms with Gasteiger partial charge in [0.15, 0.2) is 9.60 Å². The third kappa shape index (κ3) is 12.3. The number of fused-ring (bicyclic) bond motifs is 8. The van der Waals surface area contributed by atoms with Crippen LogP contribution in [-0.2, 0) is 39.5 Å². The number of allylic oxidation sites excluding steroid dienone is 6. The Balaban J connectivity index is 0.00000423. The van der Waals surface area contributed by atoms with Crippen LogP contribution < -0.4 is 41.5 Å². The number of ether oxygens (including phenoxy) is 2. The molecule has 2 aliphatic rings. The van der Waals surface area contributed by atoms with Crippen molar-refractivity contribution in [1.82, 2.24) is 29.1 Å². The summed E-state index contributed by atoms with van der Waals surface area (Å²) in [5.41, 5.74) is 18.6. The van der Waals surface area contributed by atoms with Crippen molar-refractivity contribution in [1.29, 1.82) is 0 Å². The number of aryl methyl sites for hydroxylation is 4. The average molecular weight is 1210 g/mol. The van der Waals surface area contributed by atoms with Crippen LogP contribution in [0.4, 0.5) is 0 Å². The minimum Gasteiger partial charge on any atom is -1.00 e. The van der Waals surface area contributed by atoms with Gasteiger partial charge in [-0.1, -0.05) is 102 Å². The number of amides is 2. The smallest absolute Gasteiger partial charge is 1.00 e. The van der Waals surface area contributed by atoms with Gasteiger partial charge in [-0.05, 0) is 156 Å². The molecule has 7 heterocycles. The van der Waals surface area contributed by atoms with Crippen molar-refractivity contribution < 1.29 is 48.5 Å². The molecule has 8 bridgehead atoms. The van der Waals surface area contributed by atoms with Gasteiger partial charge in [0, 0.05) is 46.1 Å². The number of para-hydroxylation sites is 2. The van der Waals surface area contributed by atoms with Gasteiger partial charge in [-0.2, -0.15) is 9.98 Å². The van der Waals surface area contributed by atoms with Gasteiger partial charge in [0.05, 0.1) is 47.4 Å². The Labute approximate surface area is 513 Å². The van der Waals surface area contributed by atoms with E-state index in [4.69, 9.17) is 39.4 Å². The minimum atomic E-state index is -0.272. The van der Waals surface area contributed by atoms with E-state index >= 15 is 0 Å². The number of benzene rings is 4. The molecule has 0 atom stereocenters. The Kier molecular flexibility index (Phi) is 18.9. The van der Waals surface area contributed by atoms with E-state index in [0.717, 1.165) is 118 Å². The predicted octanol–water partition coefficient (Wildman–Crippen LogP) is 11.4. The van der Waals surface area contributed by atoms with E-state index in [1.165, 1.54) is 22.7 Å². The summed E-state index contributed by atoms with van der Waals surface area (Å²) in [7, 11) is 0. The van der Waals surface area contributed by atoms with Crippen molar-refractivity contribution in [2.24, 2.45) is 9.98 Å². The van der Waals surface area contributed by atoms with Gasteiger partial charge in [0.25, 0.3) is 0 Å². The topological polar surface area (TPSA) is 141 Å². The molecule has 5 aromatic heterocycles.